The fourth-order valence-corrected chi connectivity index (χ4v) is 2.81. The molecule has 0 aliphatic heterocycles. The number of nitrogens with zero attached hydrogens (tertiary/aromatic N) is 1. The van der Waals surface area contributed by atoms with Gasteiger partial charge in [0.25, 0.3) is 5.91 Å². The fraction of sp³-hybridized carbons (Fsp3) is 0.462. The van der Waals surface area contributed by atoms with Gasteiger partial charge in [0.15, 0.2) is 0 Å². The molecule has 6 nitrogen and oxygen atoms in total. The van der Waals surface area contributed by atoms with Gasteiger partial charge in [0.2, 0.25) is 10.0 Å². The Balaban J connectivity index is 2.63. The van der Waals surface area contributed by atoms with E-state index in [2.05, 4.69) is 5.32 Å². The molecule has 124 valence electrons. The van der Waals surface area contributed by atoms with Gasteiger partial charge in [-0.25, -0.2) is 12.8 Å². The summed E-state index contributed by atoms with van der Waals surface area (Å²) in [6, 6.07) is 3.92. The summed E-state index contributed by atoms with van der Waals surface area (Å²) in [5.74, 6) is -1.42. The van der Waals surface area contributed by atoms with Crippen LogP contribution in [0.5, 0.6) is 0 Å². The van der Waals surface area contributed by atoms with E-state index in [1.807, 2.05) is 0 Å². The Hall–Kier alpha value is -1.22. The quantitative estimate of drug-likeness (QED) is 0.760. The second-order valence-corrected chi connectivity index (χ2v) is 6.90. The second kappa shape index (κ2) is 8.42. The van der Waals surface area contributed by atoms with Gasteiger partial charge in [-0.05, 0) is 12.1 Å². The predicted molar refractivity (Wildman–Crippen MR) is 82.0 cm³/mol. The fourth-order valence-electron chi connectivity index (χ4n) is 1.73. The molecule has 0 aromatic heterocycles. The summed E-state index contributed by atoms with van der Waals surface area (Å²) in [5.41, 5.74) is -0.257. The molecular formula is C13H18ClFN2O4S. The summed E-state index contributed by atoms with van der Waals surface area (Å²) in [6.45, 7) is 0.492. The van der Waals surface area contributed by atoms with Crippen molar-refractivity contribution in [3.63, 3.8) is 0 Å². The van der Waals surface area contributed by atoms with Gasteiger partial charge in [-0.1, -0.05) is 17.7 Å². The van der Waals surface area contributed by atoms with Crippen molar-refractivity contribution >= 4 is 27.5 Å². The highest BCUT2D eigenvalue weighted by atomic mass is 35.5. The van der Waals surface area contributed by atoms with E-state index in [9.17, 15) is 17.6 Å². The first-order valence-corrected chi connectivity index (χ1v) is 8.66. The lowest BCUT2D eigenvalue weighted by Crippen LogP contribution is -2.39. The van der Waals surface area contributed by atoms with E-state index in [0.717, 1.165) is 12.3 Å². The number of hydrogen-bond donors (Lipinski definition) is 1. The van der Waals surface area contributed by atoms with Gasteiger partial charge in [-0.3, -0.25) is 4.79 Å². The first kappa shape index (κ1) is 18.8. The number of benzene rings is 1. The van der Waals surface area contributed by atoms with Crippen molar-refractivity contribution in [3.8, 4) is 0 Å². The first-order valence-electron chi connectivity index (χ1n) is 6.43. The number of nitrogens with one attached hydrogen (secondary N) is 1. The van der Waals surface area contributed by atoms with Gasteiger partial charge < -0.3 is 10.1 Å². The maximum atomic E-state index is 13.6. The van der Waals surface area contributed by atoms with Crippen LogP contribution in [-0.4, -0.2) is 58.2 Å². The summed E-state index contributed by atoms with van der Waals surface area (Å²) in [5, 5.41) is 2.45. The van der Waals surface area contributed by atoms with E-state index < -0.39 is 21.7 Å². The molecule has 0 aliphatic carbocycles. The normalized spacial score (nSPS) is 11.7. The lowest BCUT2D eigenvalue weighted by atomic mass is 10.2. The predicted octanol–water partition coefficient (Wildman–Crippen LogP) is 1.12. The van der Waals surface area contributed by atoms with Crippen LogP contribution in [0.15, 0.2) is 18.2 Å². The van der Waals surface area contributed by atoms with Gasteiger partial charge in [0, 0.05) is 26.7 Å². The van der Waals surface area contributed by atoms with Crippen molar-refractivity contribution in [1.29, 1.82) is 0 Å². The van der Waals surface area contributed by atoms with Crippen molar-refractivity contribution in [2.45, 2.75) is 0 Å². The maximum absolute atomic E-state index is 13.6. The first-order chi connectivity index (χ1) is 10.3. The third-order valence-electron chi connectivity index (χ3n) is 2.85. The SMILES string of the molecule is COCCN(CCNC(=O)c1c(F)cccc1Cl)S(C)(=O)=O. The molecule has 0 spiro atoms. The van der Waals surface area contributed by atoms with E-state index in [4.69, 9.17) is 16.3 Å². The zero-order chi connectivity index (χ0) is 16.8. The van der Waals surface area contributed by atoms with Crippen LogP contribution in [0.4, 0.5) is 4.39 Å². The number of halogens is 2. The zero-order valence-corrected chi connectivity index (χ0v) is 13.9. The number of carbonyl (C=O) groups is 1. The molecule has 22 heavy (non-hydrogen) atoms. The monoisotopic (exact) mass is 352 g/mol. The number of sulfonamides is 1. The molecule has 0 aliphatic rings. The van der Waals surface area contributed by atoms with Crippen LogP contribution >= 0.6 is 11.6 Å². The molecule has 0 bridgehead atoms. The van der Waals surface area contributed by atoms with Gasteiger partial charge in [0.1, 0.15) is 5.82 Å². The molecule has 1 aromatic carbocycles. The number of ether oxygens (including phenoxy) is 1. The Morgan fingerprint density at radius 3 is 2.64 bits per heavy atom. The molecule has 0 atom stereocenters. The molecule has 1 amide bonds. The third kappa shape index (κ3) is 5.53. The Morgan fingerprint density at radius 1 is 1.41 bits per heavy atom. The molecule has 0 radical (unpaired) electrons. The summed E-state index contributed by atoms with van der Waals surface area (Å²) in [7, 11) is -1.95. The topological polar surface area (TPSA) is 75.7 Å². The molecule has 0 unspecified atom stereocenters. The number of rotatable bonds is 8. The lowest BCUT2D eigenvalue weighted by Gasteiger charge is -2.19. The van der Waals surface area contributed by atoms with E-state index >= 15 is 0 Å². The Kier molecular flexibility index (Phi) is 7.21. The van der Waals surface area contributed by atoms with Crippen LogP contribution in [0.1, 0.15) is 10.4 Å². The molecule has 0 fully saturated rings. The molecule has 1 N–H and O–H groups in total. The van der Waals surface area contributed by atoms with Gasteiger partial charge in [-0.15, -0.1) is 0 Å². The summed E-state index contributed by atoms with van der Waals surface area (Å²) in [4.78, 5) is 11.9. The molecule has 9 heteroatoms. The van der Waals surface area contributed by atoms with Crippen LogP contribution < -0.4 is 5.32 Å². The maximum Gasteiger partial charge on any atom is 0.255 e. The second-order valence-electron chi connectivity index (χ2n) is 4.51. The Morgan fingerprint density at radius 2 is 2.09 bits per heavy atom. The van der Waals surface area contributed by atoms with Crippen LogP contribution in [0.25, 0.3) is 0 Å². The largest absolute Gasteiger partial charge is 0.383 e. The minimum Gasteiger partial charge on any atom is -0.383 e. The zero-order valence-electron chi connectivity index (χ0n) is 12.3. The molecular weight excluding hydrogens is 335 g/mol. The van der Waals surface area contributed by atoms with Crippen LogP contribution in [0.2, 0.25) is 5.02 Å². The highest BCUT2D eigenvalue weighted by molar-refractivity contribution is 7.88. The average Bonchev–Trinajstić information content (AvgIpc) is 2.41. The van der Waals surface area contributed by atoms with Crippen molar-refractivity contribution in [3.05, 3.63) is 34.6 Å². The number of methoxy groups -OCH3 is 1. The van der Waals surface area contributed by atoms with Crippen LogP contribution in [0.3, 0.4) is 0 Å². The molecule has 1 aromatic rings. The standard InChI is InChI=1S/C13H18ClFN2O4S/c1-21-9-8-17(22(2,19)20)7-6-16-13(18)12-10(14)4-3-5-11(12)15/h3-5H,6-9H2,1-2H3,(H,16,18). The number of carbonyl (C=O) groups excluding carboxylic acids is 1. The summed E-state index contributed by atoms with van der Waals surface area (Å²) in [6.07, 6.45) is 1.07. The van der Waals surface area contributed by atoms with Crippen molar-refractivity contribution in [2.24, 2.45) is 0 Å². The summed E-state index contributed by atoms with van der Waals surface area (Å²) < 4.78 is 42.7. The number of hydrogen-bond acceptors (Lipinski definition) is 4. The van der Waals surface area contributed by atoms with Crippen molar-refractivity contribution < 1.29 is 22.3 Å². The van der Waals surface area contributed by atoms with E-state index in [1.54, 1.807) is 0 Å². The smallest absolute Gasteiger partial charge is 0.255 e. The van der Waals surface area contributed by atoms with Gasteiger partial charge in [-0.2, -0.15) is 4.31 Å². The van der Waals surface area contributed by atoms with Gasteiger partial charge >= 0.3 is 0 Å². The molecule has 0 saturated heterocycles. The van der Waals surface area contributed by atoms with E-state index in [0.29, 0.717) is 0 Å². The molecule has 0 saturated carbocycles. The lowest BCUT2D eigenvalue weighted by molar-refractivity contribution is 0.0946. The van der Waals surface area contributed by atoms with E-state index in [1.165, 1.54) is 23.5 Å². The Labute approximate surface area is 134 Å². The minimum atomic E-state index is -3.41. The van der Waals surface area contributed by atoms with Crippen LogP contribution in [-0.2, 0) is 14.8 Å². The third-order valence-corrected chi connectivity index (χ3v) is 4.47. The van der Waals surface area contributed by atoms with Gasteiger partial charge in [0.05, 0.1) is 23.4 Å². The minimum absolute atomic E-state index is 0.00291. The molecule has 1 rings (SSSR count). The van der Waals surface area contributed by atoms with Crippen molar-refractivity contribution in [1.82, 2.24) is 9.62 Å². The van der Waals surface area contributed by atoms with E-state index in [-0.39, 0.29) is 36.8 Å². The van der Waals surface area contributed by atoms with Crippen molar-refractivity contribution in [2.75, 3.05) is 39.6 Å². The summed E-state index contributed by atoms with van der Waals surface area (Å²) >= 11 is 5.78. The Bertz CT molecular complexity index is 604. The van der Waals surface area contributed by atoms with Crippen LogP contribution in [0, 0.1) is 5.82 Å². The average molecular weight is 353 g/mol. The highest BCUT2D eigenvalue weighted by Gasteiger charge is 2.18. The highest BCUT2D eigenvalue weighted by Crippen LogP contribution is 2.18. The number of amides is 1. The molecule has 0 heterocycles.